The van der Waals surface area contributed by atoms with Crippen LogP contribution in [-0.2, 0) is 27.5 Å². The fourth-order valence-corrected chi connectivity index (χ4v) is 0. The molecule has 9 nitrogen and oxygen atoms in total. The van der Waals surface area contributed by atoms with Gasteiger partial charge in [-0.3, -0.25) is 9.11 Å². The zero-order valence-corrected chi connectivity index (χ0v) is 6.89. The Morgan fingerprint density at radius 1 is 0.727 bits per heavy atom. The molecule has 12 N–H and O–H groups in total. The average molecular weight is 244 g/mol. The molecule has 0 aliphatic rings. The van der Waals surface area contributed by atoms with E-state index in [0.29, 0.717) is 0 Å². The van der Waals surface area contributed by atoms with Crippen molar-refractivity contribution in [2.45, 2.75) is 0 Å². The van der Waals surface area contributed by atoms with Crippen LogP contribution in [0.4, 0.5) is 0 Å². The van der Waals surface area contributed by atoms with Crippen molar-refractivity contribution in [1.82, 2.24) is 0 Å². The van der Waals surface area contributed by atoms with Gasteiger partial charge < -0.3 is 27.4 Å². The van der Waals surface area contributed by atoms with Crippen LogP contribution < -0.4 is 0 Å². The van der Waals surface area contributed by atoms with Crippen LogP contribution in [0.5, 0.6) is 0 Å². The molecule has 0 saturated carbocycles. The van der Waals surface area contributed by atoms with Gasteiger partial charge in [-0.25, -0.2) is 0 Å². The molecule has 0 fully saturated rings. The molecule has 0 unspecified atom stereocenters. The van der Waals surface area contributed by atoms with Crippen LogP contribution in [0.1, 0.15) is 0 Å². The van der Waals surface area contributed by atoms with Gasteiger partial charge in [0, 0.05) is 17.1 Å². The average Bonchev–Trinajstić information content (AvgIpc) is 0.722. The summed E-state index contributed by atoms with van der Waals surface area (Å²) < 4.78 is 31.6. The third-order valence-corrected chi connectivity index (χ3v) is 0. The van der Waals surface area contributed by atoms with E-state index in [2.05, 4.69) is 0 Å². The van der Waals surface area contributed by atoms with Gasteiger partial charge in [-0.1, -0.05) is 0 Å². The van der Waals surface area contributed by atoms with Gasteiger partial charge in [0.05, 0.1) is 0 Å². The standard InChI is InChI=1S/Fe.H2O4S.5H2O/c;1-5(2,3)4;;;;;/h;(H2,1,2,3,4);5*1H2. The van der Waals surface area contributed by atoms with Crippen molar-refractivity contribution >= 4 is 10.4 Å². The maximum atomic E-state index is 8.74. The Labute approximate surface area is 73.0 Å². The fourth-order valence-electron chi connectivity index (χ4n) is 0. The topological polar surface area (TPSA) is 232 Å². The molecule has 0 aromatic carbocycles. The van der Waals surface area contributed by atoms with Gasteiger partial charge in [-0.15, -0.1) is 0 Å². The Bertz CT molecular complexity index is 92.7. The van der Waals surface area contributed by atoms with E-state index in [1.807, 2.05) is 0 Å². The van der Waals surface area contributed by atoms with Gasteiger partial charge in [-0.05, 0) is 0 Å². The second kappa shape index (κ2) is 22.5. The number of hydrogen-bond donors (Lipinski definition) is 2. The number of rotatable bonds is 0. The largest absolute Gasteiger partial charge is 0.412 e. The summed E-state index contributed by atoms with van der Waals surface area (Å²) in [6, 6.07) is 0. The molecule has 11 heteroatoms. The molecule has 80 valence electrons. The van der Waals surface area contributed by atoms with Crippen molar-refractivity contribution in [1.29, 1.82) is 0 Å². The fraction of sp³-hybridized carbons (Fsp3) is 0. The van der Waals surface area contributed by atoms with E-state index in [9.17, 15) is 0 Å². The molecule has 0 atom stereocenters. The molecule has 0 bridgehead atoms. The Morgan fingerprint density at radius 2 is 0.727 bits per heavy atom. The molecule has 0 aliphatic carbocycles. The molecule has 0 heterocycles. The summed E-state index contributed by atoms with van der Waals surface area (Å²) in [5.41, 5.74) is 0. The summed E-state index contributed by atoms with van der Waals surface area (Å²) in [6.45, 7) is 0. The van der Waals surface area contributed by atoms with Crippen LogP contribution in [0, 0.1) is 0 Å². The van der Waals surface area contributed by atoms with Crippen LogP contribution in [-0.4, -0.2) is 44.9 Å². The van der Waals surface area contributed by atoms with Crippen molar-refractivity contribution < 1.29 is 62.0 Å². The first-order valence-corrected chi connectivity index (χ1v) is 2.10. The van der Waals surface area contributed by atoms with Crippen molar-refractivity contribution in [2.24, 2.45) is 0 Å². The predicted octanol–water partition coefficient (Wildman–Crippen LogP) is -4.78. The zero-order chi connectivity index (χ0) is 4.50. The molecule has 0 radical (unpaired) electrons. The molecule has 0 saturated heterocycles. The number of hydrogen-bond acceptors (Lipinski definition) is 2. The first-order chi connectivity index (χ1) is 2.00. The SMILES string of the molecule is O.O.O.O.O.O=S(=O)(O)O.[Fe]. The Balaban J connectivity index is -0.00000000533. The molecule has 0 aliphatic heterocycles. The Hall–Kier alpha value is 0.189. The summed E-state index contributed by atoms with van der Waals surface area (Å²) in [7, 11) is -4.67. The van der Waals surface area contributed by atoms with Gasteiger partial charge in [0.25, 0.3) is 0 Å². The second-order valence-corrected chi connectivity index (χ2v) is 1.34. The summed E-state index contributed by atoms with van der Waals surface area (Å²) in [4.78, 5) is 0. The third kappa shape index (κ3) is 19000. The van der Waals surface area contributed by atoms with Crippen LogP contribution in [0.15, 0.2) is 0 Å². The Morgan fingerprint density at radius 3 is 0.727 bits per heavy atom. The monoisotopic (exact) mass is 244 g/mol. The van der Waals surface area contributed by atoms with Gasteiger partial charge in [0.1, 0.15) is 0 Å². The molecular weight excluding hydrogens is 232 g/mol. The third-order valence-electron chi connectivity index (χ3n) is 0. The predicted molar refractivity (Wildman–Crippen MR) is 32.2 cm³/mol. The van der Waals surface area contributed by atoms with Crippen molar-refractivity contribution in [3.8, 4) is 0 Å². The first kappa shape index (κ1) is 66.2. The second-order valence-electron chi connectivity index (χ2n) is 0.448. The Kier molecular flexibility index (Phi) is 135. The minimum absolute atomic E-state index is 0. The van der Waals surface area contributed by atoms with Crippen molar-refractivity contribution in [2.75, 3.05) is 0 Å². The normalized spacial score (nSPS) is 5.27. The molecule has 11 heavy (non-hydrogen) atoms. The molecular formula is H12FeO9S. The molecule has 0 spiro atoms. The van der Waals surface area contributed by atoms with E-state index in [4.69, 9.17) is 17.5 Å². The van der Waals surface area contributed by atoms with Crippen LogP contribution in [0.2, 0.25) is 0 Å². The van der Waals surface area contributed by atoms with E-state index < -0.39 is 10.4 Å². The van der Waals surface area contributed by atoms with E-state index in [1.165, 1.54) is 0 Å². The summed E-state index contributed by atoms with van der Waals surface area (Å²) >= 11 is 0. The van der Waals surface area contributed by atoms with Gasteiger partial charge in [0.15, 0.2) is 0 Å². The summed E-state index contributed by atoms with van der Waals surface area (Å²) in [6.07, 6.45) is 0. The summed E-state index contributed by atoms with van der Waals surface area (Å²) in [5.74, 6) is 0. The minimum Gasteiger partial charge on any atom is -0.412 e. The van der Waals surface area contributed by atoms with E-state index in [1.54, 1.807) is 0 Å². The van der Waals surface area contributed by atoms with Crippen LogP contribution >= 0.6 is 0 Å². The van der Waals surface area contributed by atoms with Crippen LogP contribution in [0.3, 0.4) is 0 Å². The quantitative estimate of drug-likeness (QED) is 0.315. The zero-order valence-electron chi connectivity index (χ0n) is 4.97. The van der Waals surface area contributed by atoms with E-state index in [-0.39, 0.29) is 44.4 Å². The smallest absolute Gasteiger partial charge is 0.394 e. The molecule has 0 rings (SSSR count). The molecule has 0 aromatic rings. The summed E-state index contributed by atoms with van der Waals surface area (Å²) in [5, 5.41) is 0. The maximum Gasteiger partial charge on any atom is 0.394 e. The minimum atomic E-state index is -4.67. The molecule has 0 amide bonds. The van der Waals surface area contributed by atoms with Crippen molar-refractivity contribution in [3.63, 3.8) is 0 Å². The van der Waals surface area contributed by atoms with Crippen LogP contribution in [0.25, 0.3) is 0 Å². The molecule has 0 aromatic heterocycles. The maximum absolute atomic E-state index is 8.74. The first-order valence-electron chi connectivity index (χ1n) is 0.698. The van der Waals surface area contributed by atoms with Gasteiger partial charge in [0.2, 0.25) is 0 Å². The van der Waals surface area contributed by atoms with E-state index in [0.717, 1.165) is 0 Å². The van der Waals surface area contributed by atoms with E-state index >= 15 is 0 Å². The van der Waals surface area contributed by atoms with Crippen molar-refractivity contribution in [3.05, 3.63) is 0 Å². The van der Waals surface area contributed by atoms with Gasteiger partial charge >= 0.3 is 10.4 Å². The van der Waals surface area contributed by atoms with Gasteiger partial charge in [-0.2, -0.15) is 8.42 Å².